The van der Waals surface area contributed by atoms with Gasteiger partial charge in [-0.1, -0.05) is 66.7 Å². The molecule has 0 N–H and O–H groups in total. The summed E-state index contributed by atoms with van der Waals surface area (Å²) in [6.07, 6.45) is 0.820. The molecule has 0 fully saturated rings. The number of benzene rings is 3. The van der Waals surface area contributed by atoms with E-state index in [9.17, 15) is 5.26 Å². The highest BCUT2D eigenvalue weighted by molar-refractivity contribution is 6.05. The lowest BCUT2D eigenvalue weighted by Crippen LogP contribution is -2.09. The van der Waals surface area contributed by atoms with Crippen LogP contribution in [-0.4, -0.2) is 11.8 Å². The van der Waals surface area contributed by atoms with Gasteiger partial charge in [0.25, 0.3) is 0 Å². The smallest absolute Gasteiger partial charge is 0.144 e. The molecule has 3 aromatic carbocycles. The average molecular weight is 296 g/mol. The number of fused-ring (bicyclic) bond motifs is 1. The van der Waals surface area contributed by atoms with Crippen LogP contribution in [0.3, 0.4) is 0 Å². The van der Waals surface area contributed by atoms with E-state index in [4.69, 9.17) is 4.99 Å². The van der Waals surface area contributed by atoms with Crippen molar-refractivity contribution in [3.05, 3.63) is 83.9 Å². The third-order valence-corrected chi connectivity index (χ3v) is 4.53. The Morgan fingerprint density at radius 3 is 2.39 bits per heavy atom. The zero-order valence-corrected chi connectivity index (χ0v) is 12.7. The summed E-state index contributed by atoms with van der Waals surface area (Å²) < 4.78 is 0. The van der Waals surface area contributed by atoms with Gasteiger partial charge in [-0.15, -0.1) is 0 Å². The van der Waals surface area contributed by atoms with Crippen LogP contribution in [0.2, 0.25) is 0 Å². The monoisotopic (exact) mass is 296 g/mol. The van der Waals surface area contributed by atoms with Crippen molar-refractivity contribution in [3.63, 3.8) is 0 Å². The average Bonchev–Trinajstić information content (AvgIpc) is 3.06. The third kappa shape index (κ3) is 2.51. The number of hydrogen-bond donors (Lipinski definition) is 0. The van der Waals surface area contributed by atoms with E-state index in [-0.39, 0.29) is 12.0 Å². The lowest BCUT2D eigenvalue weighted by atomic mass is 9.89. The van der Waals surface area contributed by atoms with Gasteiger partial charge in [-0.05, 0) is 34.4 Å². The minimum absolute atomic E-state index is 0.155. The molecular weight excluding hydrogens is 280 g/mol. The molecular formula is C21H16N2. The largest absolute Gasteiger partial charge is 0.270 e. The first kappa shape index (κ1) is 13.7. The van der Waals surface area contributed by atoms with Crippen molar-refractivity contribution < 1.29 is 0 Å². The fourth-order valence-electron chi connectivity index (χ4n) is 3.31. The zero-order valence-electron chi connectivity index (χ0n) is 12.7. The molecule has 2 nitrogen and oxygen atoms in total. The zero-order chi connectivity index (χ0) is 15.6. The van der Waals surface area contributed by atoms with Gasteiger partial charge < -0.3 is 0 Å². The van der Waals surface area contributed by atoms with Crippen LogP contribution >= 0.6 is 0 Å². The molecule has 0 aliphatic carbocycles. The van der Waals surface area contributed by atoms with Gasteiger partial charge in [0, 0.05) is 11.6 Å². The van der Waals surface area contributed by atoms with Crippen molar-refractivity contribution >= 4 is 16.5 Å². The molecule has 0 aromatic heterocycles. The molecule has 0 saturated carbocycles. The Kier molecular flexibility index (Phi) is 3.40. The summed E-state index contributed by atoms with van der Waals surface area (Å²) in [6, 6.07) is 27.1. The molecule has 4 rings (SSSR count). The van der Waals surface area contributed by atoms with Crippen LogP contribution in [0.4, 0.5) is 0 Å². The number of hydrogen-bond acceptors (Lipinski definition) is 2. The molecule has 0 radical (unpaired) electrons. The van der Waals surface area contributed by atoms with Crippen LogP contribution in [0.1, 0.15) is 23.5 Å². The molecule has 0 saturated heterocycles. The van der Waals surface area contributed by atoms with Gasteiger partial charge in [-0.3, -0.25) is 4.99 Å². The van der Waals surface area contributed by atoms with E-state index in [1.54, 1.807) is 0 Å². The van der Waals surface area contributed by atoms with Crippen LogP contribution in [0.5, 0.6) is 0 Å². The molecule has 1 aliphatic rings. The molecule has 0 amide bonds. The Morgan fingerprint density at radius 1 is 0.870 bits per heavy atom. The van der Waals surface area contributed by atoms with Crippen molar-refractivity contribution in [2.75, 3.05) is 0 Å². The van der Waals surface area contributed by atoms with Crippen LogP contribution in [0.25, 0.3) is 10.8 Å². The van der Waals surface area contributed by atoms with Crippen LogP contribution in [0.15, 0.2) is 77.8 Å². The third-order valence-electron chi connectivity index (χ3n) is 4.53. The number of rotatable bonds is 2. The molecule has 23 heavy (non-hydrogen) atoms. The van der Waals surface area contributed by atoms with Crippen molar-refractivity contribution in [3.8, 4) is 6.07 Å². The van der Waals surface area contributed by atoms with Gasteiger partial charge >= 0.3 is 0 Å². The second-order valence-electron chi connectivity index (χ2n) is 5.93. The molecule has 0 bridgehead atoms. The maximum absolute atomic E-state index is 9.48. The SMILES string of the molecule is N#C[C@@H]1N=C(c2ccc3ccccc3c2)C[C@@H]1c1ccccc1. The molecule has 2 heteroatoms. The predicted molar refractivity (Wildman–Crippen MR) is 93.7 cm³/mol. The molecule has 1 aliphatic heterocycles. The highest BCUT2D eigenvalue weighted by Crippen LogP contribution is 2.33. The normalized spacial score (nSPS) is 20.2. The molecule has 1 heterocycles. The summed E-state index contributed by atoms with van der Waals surface area (Å²) in [5.41, 5.74) is 3.36. The summed E-state index contributed by atoms with van der Waals surface area (Å²) in [6.45, 7) is 0. The first-order valence-electron chi connectivity index (χ1n) is 7.85. The minimum atomic E-state index is -0.293. The van der Waals surface area contributed by atoms with E-state index in [1.807, 2.05) is 30.3 Å². The van der Waals surface area contributed by atoms with Crippen LogP contribution in [0, 0.1) is 11.3 Å². The van der Waals surface area contributed by atoms with Gasteiger partial charge in [0.1, 0.15) is 6.04 Å². The quantitative estimate of drug-likeness (QED) is 0.674. The predicted octanol–water partition coefficient (Wildman–Crippen LogP) is 4.71. The summed E-state index contributed by atoms with van der Waals surface area (Å²) >= 11 is 0. The summed E-state index contributed by atoms with van der Waals surface area (Å²) in [5, 5.41) is 11.9. The number of nitrogens with zero attached hydrogens (tertiary/aromatic N) is 2. The van der Waals surface area contributed by atoms with Gasteiger partial charge in [-0.25, -0.2) is 0 Å². The van der Waals surface area contributed by atoms with E-state index in [0.29, 0.717) is 0 Å². The van der Waals surface area contributed by atoms with E-state index in [0.717, 1.165) is 17.7 Å². The topological polar surface area (TPSA) is 36.1 Å². The van der Waals surface area contributed by atoms with Gasteiger partial charge in [0.2, 0.25) is 0 Å². The summed E-state index contributed by atoms with van der Waals surface area (Å²) in [5.74, 6) is 0.155. The number of aliphatic imine (C=N–C) groups is 1. The Bertz CT molecular complexity index is 919. The van der Waals surface area contributed by atoms with E-state index >= 15 is 0 Å². The van der Waals surface area contributed by atoms with Gasteiger partial charge in [-0.2, -0.15) is 5.26 Å². The fourth-order valence-corrected chi connectivity index (χ4v) is 3.31. The van der Waals surface area contributed by atoms with E-state index in [2.05, 4.69) is 48.5 Å². The minimum Gasteiger partial charge on any atom is -0.270 e. The van der Waals surface area contributed by atoms with Crippen LogP contribution in [-0.2, 0) is 0 Å². The highest BCUT2D eigenvalue weighted by atomic mass is 14.8. The lowest BCUT2D eigenvalue weighted by molar-refractivity contribution is 0.687. The highest BCUT2D eigenvalue weighted by Gasteiger charge is 2.30. The summed E-state index contributed by atoms with van der Waals surface area (Å²) in [4.78, 5) is 4.70. The maximum Gasteiger partial charge on any atom is 0.144 e. The van der Waals surface area contributed by atoms with Gasteiger partial charge in [0.15, 0.2) is 0 Å². The number of nitriles is 1. The first-order valence-corrected chi connectivity index (χ1v) is 7.85. The fraction of sp³-hybridized carbons (Fsp3) is 0.143. The van der Waals surface area contributed by atoms with Crippen molar-refractivity contribution in [1.29, 1.82) is 5.26 Å². The standard InChI is InChI=1S/C21H16N2/c22-14-21-19(16-7-2-1-3-8-16)13-20(23-21)18-11-10-15-6-4-5-9-17(15)12-18/h1-12,19,21H,13H2/t19-,21+/m1/s1. The Morgan fingerprint density at radius 2 is 1.61 bits per heavy atom. The van der Waals surface area contributed by atoms with Crippen molar-refractivity contribution in [2.24, 2.45) is 4.99 Å². The Hall–Kier alpha value is -2.92. The lowest BCUT2D eigenvalue weighted by Gasteiger charge is -2.12. The molecule has 0 unspecified atom stereocenters. The molecule has 110 valence electrons. The Labute approximate surface area is 135 Å². The van der Waals surface area contributed by atoms with Crippen molar-refractivity contribution in [1.82, 2.24) is 0 Å². The second-order valence-corrected chi connectivity index (χ2v) is 5.93. The summed E-state index contributed by atoms with van der Waals surface area (Å²) in [7, 11) is 0. The van der Waals surface area contributed by atoms with Gasteiger partial charge in [0.05, 0.1) is 6.07 Å². The van der Waals surface area contributed by atoms with E-state index < -0.39 is 0 Å². The molecule has 0 spiro atoms. The molecule has 2 atom stereocenters. The molecule has 3 aromatic rings. The first-order chi connectivity index (χ1) is 11.3. The second kappa shape index (κ2) is 5.70. The van der Waals surface area contributed by atoms with E-state index in [1.165, 1.54) is 16.3 Å². The van der Waals surface area contributed by atoms with Crippen molar-refractivity contribution in [2.45, 2.75) is 18.4 Å². The van der Waals surface area contributed by atoms with Crippen LogP contribution < -0.4 is 0 Å². The Balaban J connectivity index is 1.70. The maximum atomic E-state index is 9.48.